The molecule has 0 atom stereocenters. The quantitative estimate of drug-likeness (QED) is 0.728. The maximum Gasteiger partial charge on any atom is 0.417 e. The zero-order valence-electron chi connectivity index (χ0n) is 9.12. The Kier molecular flexibility index (Phi) is 2.88. The average molecular weight is 237 g/mol. The molecule has 88 valence electrons. The largest absolute Gasteiger partial charge is 0.417 e. The number of hydrogen-bond acceptors (Lipinski definition) is 1. The molecule has 1 aromatic carbocycles. The van der Waals surface area contributed by atoms with Crippen LogP contribution in [0.2, 0.25) is 0 Å². The van der Waals surface area contributed by atoms with Gasteiger partial charge in [0.15, 0.2) is 0 Å². The number of aromatic nitrogens is 1. The fraction of sp³-hybridized carbons (Fsp3) is 0.154. The number of hydrogen-bond donors (Lipinski definition) is 0. The molecule has 0 spiro atoms. The number of rotatable bonds is 1. The Morgan fingerprint density at radius 2 is 1.65 bits per heavy atom. The molecule has 17 heavy (non-hydrogen) atoms. The van der Waals surface area contributed by atoms with Crippen LogP contribution in [0.4, 0.5) is 13.2 Å². The van der Waals surface area contributed by atoms with Gasteiger partial charge in [-0.05, 0) is 41.8 Å². The lowest BCUT2D eigenvalue weighted by molar-refractivity contribution is -0.137. The van der Waals surface area contributed by atoms with E-state index in [1.54, 1.807) is 25.1 Å². The maximum atomic E-state index is 12.9. The van der Waals surface area contributed by atoms with Gasteiger partial charge in [-0.25, -0.2) is 0 Å². The van der Waals surface area contributed by atoms with Gasteiger partial charge in [0, 0.05) is 12.4 Å². The molecule has 0 aliphatic rings. The van der Waals surface area contributed by atoms with Crippen LogP contribution in [-0.2, 0) is 6.18 Å². The van der Waals surface area contributed by atoms with Crippen LogP contribution in [0.3, 0.4) is 0 Å². The Morgan fingerprint density at radius 3 is 2.24 bits per heavy atom. The number of alkyl halides is 3. The summed E-state index contributed by atoms with van der Waals surface area (Å²) in [5.74, 6) is 0. The normalized spacial score (nSPS) is 11.5. The fourth-order valence-electron chi connectivity index (χ4n) is 1.81. The molecule has 1 heterocycles. The van der Waals surface area contributed by atoms with E-state index in [0.717, 1.165) is 6.07 Å². The van der Waals surface area contributed by atoms with Crippen molar-refractivity contribution in [2.75, 3.05) is 0 Å². The van der Waals surface area contributed by atoms with Gasteiger partial charge < -0.3 is 0 Å². The molecule has 2 aromatic rings. The van der Waals surface area contributed by atoms with E-state index in [9.17, 15) is 13.2 Å². The molecule has 2 rings (SSSR count). The number of aryl methyl sites for hydroxylation is 1. The summed E-state index contributed by atoms with van der Waals surface area (Å²) in [5.41, 5.74) is 0.752. The molecule has 0 saturated carbocycles. The fourth-order valence-corrected chi connectivity index (χ4v) is 1.81. The van der Waals surface area contributed by atoms with Crippen molar-refractivity contribution in [3.8, 4) is 11.1 Å². The summed E-state index contributed by atoms with van der Waals surface area (Å²) in [6.45, 7) is 1.67. The third-order valence-corrected chi connectivity index (χ3v) is 2.55. The molecular weight excluding hydrogens is 227 g/mol. The van der Waals surface area contributed by atoms with Crippen molar-refractivity contribution in [1.82, 2.24) is 4.98 Å². The predicted molar refractivity (Wildman–Crippen MR) is 59.4 cm³/mol. The standard InChI is InChI=1S/C13H10F3N/c1-9-3-2-4-11(13(14,15)16)12(9)10-5-7-17-8-6-10/h2-8H,1H3. The Balaban J connectivity index is 2.69. The molecule has 1 aromatic heterocycles. The minimum Gasteiger partial charge on any atom is -0.265 e. The summed E-state index contributed by atoms with van der Waals surface area (Å²) >= 11 is 0. The van der Waals surface area contributed by atoms with Crippen molar-refractivity contribution in [2.45, 2.75) is 13.1 Å². The number of halogens is 3. The Labute approximate surface area is 96.9 Å². The first kappa shape index (κ1) is 11.6. The molecule has 0 aliphatic heterocycles. The summed E-state index contributed by atoms with van der Waals surface area (Å²) in [4.78, 5) is 3.81. The van der Waals surface area contributed by atoms with E-state index in [4.69, 9.17) is 0 Å². The first-order valence-corrected chi connectivity index (χ1v) is 5.07. The minimum absolute atomic E-state index is 0.224. The van der Waals surface area contributed by atoms with Gasteiger partial charge in [0.25, 0.3) is 0 Å². The molecule has 0 bridgehead atoms. The van der Waals surface area contributed by atoms with Gasteiger partial charge in [-0.3, -0.25) is 4.98 Å². The SMILES string of the molecule is Cc1cccc(C(F)(F)F)c1-c1ccncc1. The second kappa shape index (κ2) is 4.20. The Hall–Kier alpha value is -1.84. The summed E-state index contributed by atoms with van der Waals surface area (Å²) in [5, 5.41) is 0. The predicted octanol–water partition coefficient (Wildman–Crippen LogP) is 4.08. The molecular formula is C13H10F3N. The molecule has 0 fully saturated rings. The maximum absolute atomic E-state index is 12.9. The second-order valence-electron chi connectivity index (χ2n) is 3.73. The highest BCUT2D eigenvalue weighted by atomic mass is 19.4. The van der Waals surface area contributed by atoms with Crippen LogP contribution in [-0.4, -0.2) is 4.98 Å². The lowest BCUT2D eigenvalue weighted by atomic mass is 9.95. The molecule has 0 N–H and O–H groups in total. The lowest BCUT2D eigenvalue weighted by Gasteiger charge is -2.15. The van der Waals surface area contributed by atoms with Crippen molar-refractivity contribution < 1.29 is 13.2 Å². The van der Waals surface area contributed by atoms with Crippen LogP contribution in [0.15, 0.2) is 42.7 Å². The van der Waals surface area contributed by atoms with Crippen LogP contribution in [0.25, 0.3) is 11.1 Å². The Morgan fingerprint density at radius 1 is 1.00 bits per heavy atom. The number of pyridine rings is 1. The van der Waals surface area contributed by atoms with Gasteiger partial charge in [0.2, 0.25) is 0 Å². The Bertz CT molecular complexity index is 518. The van der Waals surface area contributed by atoms with E-state index < -0.39 is 11.7 Å². The van der Waals surface area contributed by atoms with Crippen molar-refractivity contribution in [3.63, 3.8) is 0 Å². The highest BCUT2D eigenvalue weighted by molar-refractivity contribution is 5.71. The van der Waals surface area contributed by atoms with E-state index in [2.05, 4.69) is 4.98 Å². The smallest absolute Gasteiger partial charge is 0.265 e. The molecule has 1 nitrogen and oxygen atoms in total. The van der Waals surface area contributed by atoms with Crippen LogP contribution < -0.4 is 0 Å². The molecule has 0 saturated heterocycles. The van der Waals surface area contributed by atoms with Crippen molar-refractivity contribution in [3.05, 3.63) is 53.9 Å². The van der Waals surface area contributed by atoms with Crippen molar-refractivity contribution in [1.29, 1.82) is 0 Å². The highest BCUT2D eigenvalue weighted by Gasteiger charge is 2.33. The average Bonchev–Trinajstić information content (AvgIpc) is 2.28. The zero-order valence-corrected chi connectivity index (χ0v) is 9.12. The van der Waals surface area contributed by atoms with Gasteiger partial charge >= 0.3 is 6.18 Å². The van der Waals surface area contributed by atoms with Gasteiger partial charge in [0.05, 0.1) is 5.56 Å². The molecule has 0 amide bonds. The summed E-state index contributed by atoms with van der Waals surface area (Å²) in [7, 11) is 0. The second-order valence-corrected chi connectivity index (χ2v) is 3.73. The first-order chi connectivity index (χ1) is 8.00. The van der Waals surface area contributed by atoms with Crippen LogP contribution >= 0.6 is 0 Å². The van der Waals surface area contributed by atoms with Gasteiger partial charge in [0.1, 0.15) is 0 Å². The van der Waals surface area contributed by atoms with E-state index >= 15 is 0 Å². The third-order valence-electron chi connectivity index (χ3n) is 2.55. The third kappa shape index (κ3) is 2.30. The molecule has 0 unspecified atom stereocenters. The highest BCUT2D eigenvalue weighted by Crippen LogP contribution is 2.38. The topological polar surface area (TPSA) is 12.9 Å². The number of nitrogens with zero attached hydrogens (tertiary/aromatic N) is 1. The van der Waals surface area contributed by atoms with Crippen LogP contribution in [0, 0.1) is 6.92 Å². The molecule has 4 heteroatoms. The van der Waals surface area contributed by atoms with Gasteiger partial charge in [-0.2, -0.15) is 13.2 Å². The monoisotopic (exact) mass is 237 g/mol. The number of benzene rings is 1. The van der Waals surface area contributed by atoms with Gasteiger partial charge in [-0.15, -0.1) is 0 Å². The summed E-state index contributed by atoms with van der Waals surface area (Å²) in [6, 6.07) is 7.35. The molecule has 0 aliphatic carbocycles. The summed E-state index contributed by atoms with van der Waals surface area (Å²) < 4.78 is 38.7. The summed E-state index contributed by atoms with van der Waals surface area (Å²) in [6.07, 6.45) is -1.37. The zero-order chi connectivity index (χ0) is 12.5. The minimum atomic E-state index is -4.34. The van der Waals surface area contributed by atoms with E-state index in [0.29, 0.717) is 11.1 Å². The van der Waals surface area contributed by atoms with Crippen molar-refractivity contribution in [2.24, 2.45) is 0 Å². The van der Waals surface area contributed by atoms with Crippen molar-refractivity contribution >= 4 is 0 Å². The molecule has 0 radical (unpaired) electrons. The van der Waals surface area contributed by atoms with Crippen LogP contribution in [0.1, 0.15) is 11.1 Å². The van der Waals surface area contributed by atoms with E-state index in [1.165, 1.54) is 18.5 Å². The van der Waals surface area contributed by atoms with Gasteiger partial charge in [-0.1, -0.05) is 12.1 Å². The van der Waals surface area contributed by atoms with E-state index in [-0.39, 0.29) is 5.56 Å². The van der Waals surface area contributed by atoms with Crippen LogP contribution in [0.5, 0.6) is 0 Å². The van der Waals surface area contributed by atoms with E-state index in [1.807, 2.05) is 0 Å². The lowest BCUT2D eigenvalue weighted by Crippen LogP contribution is -2.08. The first-order valence-electron chi connectivity index (χ1n) is 5.07.